The molecule has 1 atom stereocenters. The molecule has 2 aromatic carbocycles. The maximum absolute atomic E-state index is 12.8. The van der Waals surface area contributed by atoms with Crippen molar-refractivity contribution in [3.05, 3.63) is 57.6 Å². The highest BCUT2D eigenvalue weighted by atomic mass is 79.9. The maximum Gasteiger partial charge on any atom is 0.308 e. The van der Waals surface area contributed by atoms with Crippen LogP contribution >= 0.6 is 15.9 Å². The van der Waals surface area contributed by atoms with Gasteiger partial charge in [0.15, 0.2) is 5.78 Å². The lowest BCUT2D eigenvalue weighted by molar-refractivity contribution is -0.131. The average molecular weight is 375 g/mol. The largest absolute Gasteiger partial charge is 0.491 e. The molecule has 0 N–H and O–H groups in total. The second-order valence-electron chi connectivity index (χ2n) is 5.46. The Labute approximate surface area is 142 Å². The molecule has 118 valence electrons. The molecule has 0 bridgehead atoms. The number of hydrogen-bond acceptors (Lipinski definition) is 4. The Balaban J connectivity index is 1.89. The normalized spacial score (nSPS) is 16.5. The molecule has 23 heavy (non-hydrogen) atoms. The summed E-state index contributed by atoms with van der Waals surface area (Å²) in [7, 11) is 0. The first-order valence-corrected chi connectivity index (χ1v) is 8.01. The number of carbonyl (C=O) groups excluding carboxylic acids is 2. The Kier molecular flexibility index (Phi) is 4.22. The number of Topliss-reactive ketones (excluding diaryl/α,β-unsaturated/α-hetero) is 1. The fourth-order valence-corrected chi connectivity index (χ4v) is 3.06. The standard InChI is InChI=1S/C18H15BrO4/c1-10-3-8-14-17(21)15(9-22-18(14)16(10)19)12-4-6-13(7-5-12)23-11(2)20/h3-8,15H,9H2,1-2H3. The zero-order valence-electron chi connectivity index (χ0n) is 12.8. The van der Waals surface area contributed by atoms with E-state index < -0.39 is 0 Å². The van der Waals surface area contributed by atoms with Gasteiger partial charge in [-0.25, -0.2) is 0 Å². The lowest BCUT2D eigenvalue weighted by atomic mass is 9.88. The summed E-state index contributed by atoms with van der Waals surface area (Å²) in [5, 5.41) is 0. The molecule has 3 rings (SSSR count). The Hall–Kier alpha value is -2.14. The molecule has 0 amide bonds. The van der Waals surface area contributed by atoms with Gasteiger partial charge in [0.25, 0.3) is 0 Å². The van der Waals surface area contributed by atoms with Crippen molar-refractivity contribution in [1.29, 1.82) is 0 Å². The van der Waals surface area contributed by atoms with Gasteiger partial charge in [-0.1, -0.05) is 18.2 Å². The molecule has 1 aliphatic rings. The summed E-state index contributed by atoms with van der Waals surface area (Å²) in [6, 6.07) is 10.7. The number of carbonyl (C=O) groups is 2. The number of halogens is 1. The molecule has 4 nitrogen and oxygen atoms in total. The van der Waals surface area contributed by atoms with Crippen LogP contribution in [-0.2, 0) is 4.79 Å². The molecule has 0 aromatic heterocycles. The van der Waals surface area contributed by atoms with E-state index in [1.54, 1.807) is 30.3 Å². The molecule has 0 aliphatic carbocycles. The minimum absolute atomic E-state index is 0.0344. The van der Waals surface area contributed by atoms with Crippen molar-refractivity contribution in [3.63, 3.8) is 0 Å². The first-order valence-electron chi connectivity index (χ1n) is 7.22. The Morgan fingerprint density at radius 3 is 2.57 bits per heavy atom. The Bertz CT molecular complexity index is 780. The topological polar surface area (TPSA) is 52.6 Å². The molecule has 1 aliphatic heterocycles. The molecule has 0 saturated heterocycles. The van der Waals surface area contributed by atoms with E-state index in [1.165, 1.54) is 6.92 Å². The fraction of sp³-hybridized carbons (Fsp3) is 0.222. The van der Waals surface area contributed by atoms with Crippen LogP contribution < -0.4 is 9.47 Å². The van der Waals surface area contributed by atoms with Crippen LogP contribution in [0.4, 0.5) is 0 Å². The predicted molar refractivity (Wildman–Crippen MR) is 89.2 cm³/mol. The Morgan fingerprint density at radius 2 is 1.91 bits per heavy atom. The third-order valence-corrected chi connectivity index (χ3v) is 4.80. The molecule has 5 heteroatoms. The molecular formula is C18H15BrO4. The number of benzene rings is 2. The van der Waals surface area contributed by atoms with E-state index in [1.807, 2.05) is 13.0 Å². The van der Waals surface area contributed by atoms with Gasteiger partial charge in [-0.2, -0.15) is 0 Å². The van der Waals surface area contributed by atoms with Crippen LogP contribution in [0.1, 0.15) is 34.3 Å². The van der Waals surface area contributed by atoms with Gasteiger partial charge in [0.2, 0.25) is 0 Å². The highest BCUT2D eigenvalue weighted by Crippen LogP contribution is 2.39. The fourth-order valence-electron chi connectivity index (χ4n) is 2.60. The third kappa shape index (κ3) is 3.01. The second kappa shape index (κ2) is 6.16. The second-order valence-corrected chi connectivity index (χ2v) is 6.26. The SMILES string of the molecule is CC(=O)Oc1ccc(C2COc3c(ccc(C)c3Br)C2=O)cc1. The number of ether oxygens (including phenoxy) is 2. The number of esters is 1. The summed E-state index contributed by atoms with van der Waals surface area (Å²) in [6.07, 6.45) is 0. The van der Waals surface area contributed by atoms with Gasteiger partial charge in [0, 0.05) is 6.92 Å². The minimum atomic E-state index is -0.371. The monoisotopic (exact) mass is 374 g/mol. The summed E-state index contributed by atoms with van der Waals surface area (Å²) >= 11 is 3.48. The van der Waals surface area contributed by atoms with E-state index in [9.17, 15) is 9.59 Å². The summed E-state index contributed by atoms with van der Waals surface area (Å²) in [5.41, 5.74) is 2.46. The van der Waals surface area contributed by atoms with Crippen LogP contribution in [0.3, 0.4) is 0 Å². The summed E-state index contributed by atoms with van der Waals surface area (Å²) < 4.78 is 11.6. The van der Waals surface area contributed by atoms with Crippen LogP contribution in [0.15, 0.2) is 40.9 Å². The van der Waals surface area contributed by atoms with Crippen molar-refractivity contribution in [3.8, 4) is 11.5 Å². The van der Waals surface area contributed by atoms with Crippen LogP contribution in [0.2, 0.25) is 0 Å². The van der Waals surface area contributed by atoms with E-state index in [2.05, 4.69) is 15.9 Å². The van der Waals surface area contributed by atoms with Gasteiger partial charge >= 0.3 is 5.97 Å². The smallest absolute Gasteiger partial charge is 0.308 e. The average Bonchev–Trinajstić information content (AvgIpc) is 2.52. The lowest BCUT2D eigenvalue weighted by Crippen LogP contribution is -2.26. The summed E-state index contributed by atoms with van der Waals surface area (Å²) in [4.78, 5) is 23.7. The van der Waals surface area contributed by atoms with Crippen molar-refractivity contribution in [2.45, 2.75) is 19.8 Å². The highest BCUT2D eigenvalue weighted by molar-refractivity contribution is 9.10. The van der Waals surface area contributed by atoms with E-state index in [0.29, 0.717) is 23.7 Å². The van der Waals surface area contributed by atoms with Crippen molar-refractivity contribution in [2.75, 3.05) is 6.61 Å². The van der Waals surface area contributed by atoms with Gasteiger partial charge in [-0.05, 0) is 52.2 Å². The Morgan fingerprint density at radius 1 is 1.22 bits per heavy atom. The third-order valence-electron chi connectivity index (χ3n) is 3.81. The summed E-state index contributed by atoms with van der Waals surface area (Å²) in [5.74, 6) is 0.381. The van der Waals surface area contributed by atoms with E-state index in [0.717, 1.165) is 15.6 Å². The van der Waals surface area contributed by atoms with Gasteiger partial charge in [0.1, 0.15) is 18.1 Å². The molecule has 0 fully saturated rings. The molecule has 0 radical (unpaired) electrons. The van der Waals surface area contributed by atoms with Gasteiger partial charge in [0.05, 0.1) is 16.0 Å². The van der Waals surface area contributed by atoms with Crippen molar-refractivity contribution >= 4 is 27.7 Å². The zero-order valence-corrected chi connectivity index (χ0v) is 14.3. The van der Waals surface area contributed by atoms with Gasteiger partial charge in [-0.15, -0.1) is 0 Å². The van der Waals surface area contributed by atoms with Crippen LogP contribution in [0.25, 0.3) is 0 Å². The molecule has 1 heterocycles. The first kappa shape index (κ1) is 15.7. The molecule has 1 unspecified atom stereocenters. The minimum Gasteiger partial charge on any atom is -0.491 e. The van der Waals surface area contributed by atoms with E-state index in [4.69, 9.17) is 9.47 Å². The number of hydrogen-bond donors (Lipinski definition) is 0. The number of fused-ring (bicyclic) bond motifs is 1. The van der Waals surface area contributed by atoms with Crippen molar-refractivity contribution < 1.29 is 19.1 Å². The number of rotatable bonds is 2. The molecule has 2 aromatic rings. The zero-order chi connectivity index (χ0) is 16.6. The van der Waals surface area contributed by atoms with Gasteiger partial charge < -0.3 is 9.47 Å². The van der Waals surface area contributed by atoms with E-state index in [-0.39, 0.29) is 17.7 Å². The maximum atomic E-state index is 12.8. The molecular weight excluding hydrogens is 360 g/mol. The lowest BCUT2D eigenvalue weighted by Gasteiger charge is -2.26. The van der Waals surface area contributed by atoms with Crippen molar-refractivity contribution in [2.24, 2.45) is 0 Å². The molecule has 0 spiro atoms. The van der Waals surface area contributed by atoms with Crippen LogP contribution in [-0.4, -0.2) is 18.4 Å². The number of aryl methyl sites for hydroxylation is 1. The molecule has 0 saturated carbocycles. The van der Waals surface area contributed by atoms with Crippen LogP contribution in [0.5, 0.6) is 11.5 Å². The number of ketones is 1. The van der Waals surface area contributed by atoms with E-state index >= 15 is 0 Å². The quantitative estimate of drug-likeness (QED) is 0.587. The first-order chi connectivity index (χ1) is 11.0. The summed E-state index contributed by atoms with van der Waals surface area (Å²) in [6.45, 7) is 3.60. The highest BCUT2D eigenvalue weighted by Gasteiger charge is 2.31. The van der Waals surface area contributed by atoms with Crippen molar-refractivity contribution in [1.82, 2.24) is 0 Å². The van der Waals surface area contributed by atoms with Crippen LogP contribution in [0, 0.1) is 6.92 Å². The predicted octanol–water partition coefficient (Wildman–Crippen LogP) is 4.04. The van der Waals surface area contributed by atoms with Gasteiger partial charge in [-0.3, -0.25) is 9.59 Å².